The first-order valence-electron chi connectivity index (χ1n) is 8.40. The zero-order valence-electron chi connectivity index (χ0n) is 14.7. The van der Waals surface area contributed by atoms with E-state index in [-0.39, 0.29) is 18.4 Å². The van der Waals surface area contributed by atoms with Gasteiger partial charge in [0.1, 0.15) is 5.75 Å². The first kappa shape index (κ1) is 18.0. The molecule has 5 heteroatoms. The van der Waals surface area contributed by atoms with Crippen LogP contribution in [0.5, 0.6) is 5.75 Å². The topological polar surface area (TPSA) is 58.6 Å². The number of hydrogen-bond acceptors (Lipinski definition) is 3. The van der Waals surface area contributed by atoms with Gasteiger partial charge in [-0.2, -0.15) is 0 Å². The van der Waals surface area contributed by atoms with E-state index < -0.39 is 0 Å². The van der Waals surface area contributed by atoms with Gasteiger partial charge in [-0.25, -0.2) is 0 Å². The third kappa shape index (κ3) is 5.41. The van der Waals surface area contributed by atoms with Crippen molar-refractivity contribution < 1.29 is 14.3 Å². The quantitative estimate of drug-likeness (QED) is 0.872. The summed E-state index contributed by atoms with van der Waals surface area (Å²) in [5, 5.41) is 2.82. The van der Waals surface area contributed by atoms with Crippen LogP contribution in [0.25, 0.3) is 5.57 Å². The maximum Gasteiger partial charge on any atom is 0.257 e. The molecule has 1 N–H and O–H groups in total. The molecule has 2 rings (SSSR count). The molecule has 2 amide bonds. The molecule has 1 aliphatic rings. The van der Waals surface area contributed by atoms with E-state index in [0.29, 0.717) is 24.8 Å². The molecule has 0 spiro atoms. The summed E-state index contributed by atoms with van der Waals surface area (Å²) >= 11 is 0. The van der Waals surface area contributed by atoms with Crippen LogP contribution in [0.3, 0.4) is 0 Å². The number of carbonyl (C=O) groups excluding carboxylic acids is 2. The molecule has 0 aliphatic carbocycles. The Balaban J connectivity index is 1.85. The van der Waals surface area contributed by atoms with Crippen molar-refractivity contribution in [2.75, 3.05) is 26.2 Å². The van der Waals surface area contributed by atoms with E-state index in [2.05, 4.69) is 25.2 Å². The van der Waals surface area contributed by atoms with Gasteiger partial charge in [-0.3, -0.25) is 9.59 Å². The second-order valence-electron chi connectivity index (χ2n) is 6.46. The molecule has 1 heterocycles. The summed E-state index contributed by atoms with van der Waals surface area (Å²) in [7, 11) is 0. The van der Waals surface area contributed by atoms with Gasteiger partial charge >= 0.3 is 0 Å². The Kier molecular flexibility index (Phi) is 6.41. The van der Waals surface area contributed by atoms with Gasteiger partial charge in [0.15, 0.2) is 6.61 Å². The predicted molar refractivity (Wildman–Crippen MR) is 94.6 cm³/mol. The van der Waals surface area contributed by atoms with Crippen molar-refractivity contribution >= 4 is 17.4 Å². The Morgan fingerprint density at radius 2 is 1.96 bits per heavy atom. The van der Waals surface area contributed by atoms with Crippen LogP contribution < -0.4 is 10.1 Å². The summed E-state index contributed by atoms with van der Waals surface area (Å²) in [4.78, 5) is 24.8. The molecule has 0 radical (unpaired) electrons. The summed E-state index contributed by atoms with van der Waals surface area (Å²) in [6, 6.07) is 7.75. The molecule has 0 aromatic heterocycles. The average molecular weight is 330 g/mol. The van der Waals surface area contributed by atoms with Gasteiger partial charge in [0.05, 0.1) is 0 Å². The summed E-state index contributed by atoms with van der Waals surface area (Å²) in [6.07, 6.45) is 2.96. The van der Waals surface area contributed by atoms with Crippen LogP contribution in [-0.2, 0) is 9.59 Å². The van der Waals surface area contributed by atoms with Gasteiger partial charge in [0.2, 0.25) is 5.91 Å². The molecule has 0 unspecified atom stereocenters. The van der Waals surface area contributed by atoms with E-state index in [1.165, 1.54) is 5.57 Å². The lowest BCUT2D eigenvalue weighted by Crippen LogP contribution is -2.32. The third-order valence-corrected chi connectivity index (χ3v) is 3.96. The summed E-state index contributed by atoms with van der Waals surface area (Å²) in [6.45, 7) is 7.82. The summed E-state index contributed by atoms with van der Waals surface area (Å²) in [5.41, 5.74) is 2.38. The minimum Gasteiger partial charge on any atom is -0.484 e. The standard InChI is InChI=1S/C19H26N2O3/c1-14(2)12-20-19(23)13-24-18-6-4-16(5-7-18)17-8-10-21(11-9-17)15(3)22/h4-8,14H,9-13H2,1-3H3,(H,20,23). The highest BCUT2D eigenvalue weighted by atomic mass is 16.5. The number of hydrogen-bond donors (Lipinski definition) is 1. The van der Waals surface area contributed by atoms with Crippen LogP contribution in [-0.4, -0.2) is 43.0 Å². The molecule has 0 bridgehead atoms. The van der Waals surface area contributed by atoms with E-state index >= 15 is 0 Å². The highest BCUT2D eigenvalue weighted by Crippen LogP contribution is 2.24. The molecule has 1 aromatic carbocycles. The molecule has 130 valence electrons. The van der Waals surface area contributed by atoms with Gasteiger partial charge in [0.25, 0.3) is 5.91 Å². The van der Waals surface area contributed by atoms with Crippen LogP contribution in [0.15, 0.2) is 30.3 Å². The van der Waals surface area contributed by atoms with Crippen LogP contribution >= 0.6 is 0 Å². The molecule has 1 aromatic rings. The number of benzene rings is 1. The fourth-order valence-corrected chi connectivity index (χ4v) is 2.50. The van der Waals surface area contributed by atoms with Gasteiger partial charge in [0, 0.05) is 26.6 Å². The van der Waals surface area contributed by atoms with E-state index in [1.807, 2.05) is 29.2 Å². The van der Waals surface area contributed by atoms with Crippen molar-refractivity contribution in [3.8, 4) is 5.75 Å². The fourth-order valence-electron chi connectivity index (χ4n) is 2.50. The molecular weight excluding hydrogens is 304 g/mol. The van der Waals surface area contributed by atoms with Crippen LogP contribution in [0.2, 0.25) is 0 Å². The minimum absolute atomic E-state index is 0.0301. The summed E-state index contributed by atoms with van der Waals surface area (Å²) < 4.78 is 5.51. The van der Waals surface area contributed by atoms with E-state index in [1.54, 1.807) is 6.92 Å². The number of rotatable bonds is 6. The lowest BCUT2D eigenvalue weighted by molar-refractivity contribution is -0.128. The van der Waals surface area contributed by atoms with Gasteiger partial charge in [-0.05, 0) is 35.6 Å². The summed E-state index contributed by atoms with van der Waals surface area (Å²) in [5.74, 6) is 1.12. The number of ether oxygens (including phenoxy) is 1. The van der Waals surface area contributed by atoms with Crippen molar-refractivity contribution in [2.45, 2.75) is 27.2 Å². The fraction of sp³-hybridized carbons (Fsp3) is 0.474. The molecule has 5 nitrogen and oxygen atoms in total. The molecule has 0 saturated carbocycles. The smallest absolute Gasteiger partial charge is 0.257 e. The minimum atomic E-state index is -0.105. The second-order valence-corrected chi connectivity index (χ2v) is 6.46. The number of nitrogens with zero attached hydrogens (tertiary/aromatic N) is 1. The average Bonchev–Trinajstić information content (AvgIpc) is 2.58. The van der Waals surface area contributed by atoms with Gasteiger partial charge in [-0.1, -0.05) is 32.1 Å². The monoisotopic (exact) mass is 330 g/mol. The lowest BCUT2D eigenvalue weighted by atomic mass is 9.99. The molecular formula is C19H26N2O3. The molecule has 0 fully saturated rings. The van der Waals surface area contributed by atoms with Crippen molar-refractivity contribution in [1.82, 2.24) is 10.2 Å². The zero-order valence-corrected chi connectivity index (χ0v) is 14.7. The largest absolute Gasteiger partial charge is 0.484 e. The van der Waals surface area contributed by atoms with Gasteiger partial charge in [-0.15, -0.1) is 0 Å². The molecule has 0 saturated heterocycles. The molecule has 1 aliphatic heterocycles. The zero-order chi connectivity index (χ0) is 17.5. The number of amides is 2. The second kappa shape index (κ2) is 8.52. The molecule has 0 atom stereocenters. The molecule has 24 heavy (non-hydrogen) atoms. The van der Waals surface area contributed by atoms with Crippen molar-refractivity contribution in [3.05, 3.63) is 35.9 Å². The first-order valence-corrected chi connectivity index (χ1v) is 8.40. The Bertz CT molecular complexity index is 606. The number of nitrogens with one attached hydrogen (secondary N) is 1. The van der Waals surface area contributed by atoms with Crippen LogP contribution in [0.4, 0.5) is 0 Å². The van der Waals surface area contributed by atoms with E-state index in [0.717, 1.165) is 18.5 Å². The Morgan fingerprint density at radius 1 is 1.25 bits per heavy atom. The third-order valence-electron chi connectivity index (χ3n) is 3.96. The Hall–Kier alpha value is -2.30. The lowest BCUT2D eigenvalue weighted by Gasteiger charge is -2.25. The van der Waals surface area contributed by atoms with Gasteiger partial charge < -0.3 is 15.0 Å². The maximum absolute atomic E-state index is 11.6. The van der Waals surface area contributed by atoms with E-state index in [4.69, 9.17) is 4.74 Å². The maximum atomic E-state index is 11.6. The Morgan fingerprint density at radius 3 is 2.50 bits per heavy atom. The highest BCUT2D eigenvalue weighted by Gasteiger charge is 2.14. The van der Waals surface area contributed by atoms with Crippen molar-refractivity contribution in [3.63, 3.8) is 0 Å². The first-order chi connectivity index (χ1) is 11.5. The SMILES string of the molecule is CC(=O)N1CC=C(c2ccc(OCC(=O)NCC(C)C)cc2)CC1. The predicted octanol–water partition coefficient (Wildman–Crippen LogP) is 2.47. The van der Waals surface area contributed by atoms with Crippen LogP contribution in [0.1, 0.15) is 32.8 Å². The van der Waals surface area contributed by atoms with Crippen molar-refractivity contribution in [2.24, 2.45) is 5.92 Å². The Labute approximate surface area is 143 Å². The highest BCUT2D eigenvalue weighted by molar-refractivity contribution is 5.77. The van der Waals surface area contributed by atoms with E-state index in [9.17, 15) is 9.59 Å². The normalized spacial score (nSPS) is 14.3. The van der Waals surface area contributed by atoms with Crippen LogP contribution in [0, 0.1) is 5.92 Å². The van der Waals surface area contributed by atoms with Crippen molar-refractivity contribution in [1.29, 1.82) is 0 Å². The number of carbonyl (C=O) groups is 2.